The van der Waals surface area contributed by atoms with E-state index in [1.807, 2.05) is 13.0 Å². The highest BCUT2D eigenvalue weighted by molar-refractivity contribution is 9.10. The molecule has 1 aromatic carbocycles. The van der Waals surface area contributed by atoms with Gasteiger partial charge in [-0.15, -0.1) is 11.3 Å². The monoisotopic (exact) mass is 242 g/mol. The number of thiophene rings is 1. The molecule has 0 aliphatic rings. The van der Waals surface area contributed by atoms with Crippen LogP contribution in [-0.4, -0.2) is 5.11 Å². The smallest absolute Gasteiger partial charge is 0.134 e. The van der Waals surface area contributed by atoms with Crippen LogP contribution in [0, 0.1) is 6.92 Å². The molecular weight excluding hydrogens is 236 g/mol. The van der Waals surface area contributed by atoms with E-state index in [0.29, 0.717) is 5.75 Å². The highest BCUT2D eigenvalue weighted by Gasteiger charge is 2.04. The number of aryl methyl sites for hydroxylation is 1. The van der Waals surface area contributed by atoms with Crippen molar-refractivity contribution in [1.82, 2.24) is 0 Å². The SMILES string of the molecule is Cc1cc2cc(Br)cc(O)c2s1. The van der Waals surface area contributed by atoms with Crippen LogP contribution >= 0.6 is 27.3 Å². The van der Waals surface area contributed by atoms with E-state index in [1.54, 1.807) is 17.4 Å². The lowest BCUT2D eigenvalue weighted by Crippen LogP contribution is -1.66. The number of phenolic OH excluding ortho intramolecular Hbond substituents is 1. The molecule has 1 N–H and O–H groups in total. The van der Waals surface area contributed by atoms with Crippen molar-refractivity contribution in [3.05, 3.63) is 27.5 Å². The summed E-state index contributed by atoms with van der Waals surface area (Å²) in [6.45, 7) is 2.04. The van der Waals surface area contributed by atoms with E-state index in [-0.39, 0.29) is 0 Å². The summed E-state index contributed by atoms with van der Waals surface area (Å²) in [7, 11) is 0. The second kappa shape index (κ2) is 2.75. The Bertz CT molecular complexity index is 433. The summed E-state index contributed by atoms with van der Waals surface area (Å²) >= 11 is 4.95. The van der Waals surface area contributed by atoms with Crippen LogP contribution in [0.25, 0.3) is 10.1 Å². The molecule has 1 nitrogen and oxygen atoms in total. The number of benzene rings is 1. The zero-order valence-electron chi connectivity index (χ0n) is 6.47. The minimum atomic E-state index is 0.359. The van der Waals surface area contributed by atoms with Crippen molar-refractivity contribution >= 4 is 37.4 Å². The lowest BCUT2D eigenvalue weighted by molar-refractivity contribution is 0.482. The zero-order valence-corrected chi connectivity index (χ0v) is 8.87. The summed E-state index contributed by atoms with van der Waals surface area (Å²) < 4.78 is 1.89. The Morgan fingerprint density at radius 2 is 2.08 bits per heavy atom. The Labute approximate surface area is 82.8 Å². The van der Waals surface area contributed by atoms with E-state index < -0.39 is 0 Å². The van der Waals surface area contributed by atoms with Crippen LogP contribution in [0.1, 0.15) is 4.88 Å². The molecule has 0 amide bonds. The van der Waals surface area contributed by atoms with Crippen molar-refractivity contribution in [2.45, 2.75) is 6.92 Å². The molecule has 62 valence electrons. The normalized spacial score (nSPS) is 10.8. The van der Waals surface area contributed by atoms with E-state index in [0.717, 1.165) is 14.6 Å². The maximum Gasteiger partial charge on any atom is 0.134 e. The van der Waals surface area contributed by atoms with Crippen molar-refractivity contribution in [2.24, 2.45) is 0 Å². The third-order valence-corrected chi connectivity index (χ3v) is 3.23. The second-order valence-corrected chi connectivity index (χ2v) is 4.87. The summed E-state index contributed by atoms with van der Waals surface area (Å²) in [5.41, 5.74) is 0. The van der Waals surface area contributed by atoms with Crippen LogP contribution in [0.2, 0.25) is 0 Å². The van der Waals surface area contributed by atoms with Gasteiger partial charge in [-0.05, 0) is 30.5 Å². The van der Waals surface area contributed by atoms with Crippen molar-refractivity contribution in [1.29, 1.82) is 0 Å². The molecule has 0 radical (unpaired) electrons. The predicted molar refractivity (Wildman–Crippen MR) is 55.9 cm³/mol. The molecule has 1 heterocycles. The topological polar surface area (TPSA) is 20.2 Å². The van der Waals surface area contributed by atoms with Gasteiger partial charge in [0.05, 0.1) is 4.70 Å². The average molecular weight is 243 g/mol. The fourth-order valence-electron chi connectivity index (χ4n) is 1.23. The molecule has 0 fully saturated rings. The van der Waals surface area contributed by atoms with Crippen LogP contribution in [0.3, 0.4) is 0 Å². The van der Waals surface area contributed by atoms with Crippen LogP contribution < -0.4 is 0 Å². The number of hydrogen-bond donors (Lipinski definition) is 1. The van der Waals surface area contributed by atoms with Crippen LogP contribution in [0.4, 0.5) is 0 Å². The van der Waals surface area contributed by atoms with E-state index in [4.69, 9.17) is 0 Å². The Hall–Kier alpha value is -0.540. The van der Waals surface area contributed by atoms with Gasteiger partial charge < -0.3 is 5.11 Å². The number of fused-ring (bicyclic) bond motifs is 1. The summed E-state index contributed by atoms with van der Waals surface area (Å²) in [4.78, 5) is 1.22. The first-order valence-corrected chi connectivity index (χ1v) is 5.16. The highest BCUT2D eigenvalue weighted by Crippen LogP contribution is 2.35. The molecule has 0 bridgehead atoms. The number of rotatable bonds is 0. The third kappa shape index (κ3) is 1.23. The predicted octanol–water partition coefficient (Wildman–Crippen LogP) is 3.68. The van der Waals surface area contributed by atoms with Gasteiger partial charge >= 0.3 is 0 Å². The van der Waals surface area contributed by atoms with Crippen LogP contribution in [-0.2, 0) is 0 Å². The maximum absolute atomic E-state index is 9.55. The average Bonchev–Trinajstić information content (AvgIpc) is 2.29. The highest BCUT2D eigenvalue weighted by atomic mass is 79.9. The molecule has 0 atom stereocenters. The molecule has 2 rings (SSSR count). The standard InChI is InChI=1S/C9H7BrOS/c1-5-2-6-3-7(10)4-8(11)9(6)12-5/h2-4,11H,1H3. The maximum atomic E-state index is 9.55. The van der Waals surface area contributed by atoms with Crippen LogP contribution in [0.5, 0.6) is 5.75 Å². The number of halogens is 1. The summed E-state index contributed by atoms with van der Waals surface area (Å²) in [5, 5.41) is 10.6. The first-order chi connectivity index (χ1) is 5.66. The van der Waals surface area contributed by atoms with Gasteiger partial charge in [-0.2, -0.15) is 0 Å². The molecule has 1 aromatic heterocycles. The lowest BCUT2D eigenvalue weighted by atomic mass is 10.2. The minimum Gasteiger partial charge on any atom is -0.506 e. The number of aromatic hydroxyl groups is 1. The molecular formula is C9H7BrOS. The summed E-state index contributed by atoms with van der Waals surface area (Å²) in [5.74, 6) is 0.359. The quantitative estimate of drug-likeness (QED) is 0.748. The summed E-state index contributed by atoms with van der Waals surface area (Å²) in [6.07, 6.45) is 0. The van der Waals surface area contributed by atoms with Crippen molar-refractivity contribution < 1.29 is 5.11 Å². The minimum absolute atomic E-state index is 0.359. The molecule has 0 aliphatic heterocycles. The molecule has 0 aliphatic carbocycles. The molecule has 0 spiro atoms. The largest absolute Gasteiger partial charge is 0.506 e. The Morgan fingerprint density at radius 3 is 2.83 bits per heavy atom. The van der Waals surface area contributed by atoms with Crippen molar-refractivity contribution in [3.63, 3.8) is 0 Å². The molecule has 0 saturated heterocycles. The van der Waals surface area contributed by atoms with Gasteiger partial charge in [0, 0.05) is 9.35 Å². The molecule has 0 unspecified atom stereocenters. The fraction of sp³-hybridized carbons (Fsp3) is 0.111. The fourth-order valence-corrected chi connectivity index (χ4v) is 2.60. The van der Waals surface area contributed by atoms with Gasteiger partial charge in [0.2, 0.25) is 0 Å². The third-order valence-electron chi connectivity index (χ3n) is 1.68. The van der Waals surface area contributed by atoms with E-state index in [1.165, 1.54) is 4.88 Å². The van der Waals surface area contributed by atoms with Gasteiger partial charge in [0.15, 0.2) is 0 Å². The van der Waals surface area contributed by atoms with Gasteiger partial charge in [-0.25, -0.2) is 0 Å². The second-order valence-electron chi connectivity index (χ2n) is 2.70. The van der Waals surface area contributed by atoms with E-state index in [9.17, 15) is 5.11 Å². The molecule has 2 aromatic rings. The Kier molecular flexibility index (Phi) is 1.85. The number of phenols is 1. The van der Waals surface area contributed by atoms with Gasteiger partial charge in [0.25, 0.3) is 0 Å². The Morgan fingerprint density at radius 1 is 1.33 bits per heavy atom. The first kappa shape index (κ1) is 8.08. The van der Waals surface area contributed by atoms with Crippen molar-refractivity contribution in [3.8, 4) is 5.75 Å². The number of hydrogen-bond acceptors (Lipinski definition) is 2. The molecule has 12 heavy (non-hydrogen) atoms. The van der Waals surface area contributed by atoms with Crippen LogP contribution in [0.15, 0.2) is 22.7 Å². The van der Waals surface area contributed by atoms with E-state index in [2.05, 4.69) is 22.0 Å². The lowest BCUT2D eigenvalue weighted by Gasteiger charge is -1.94. The van der Waals surface area contributed by atoms with E-state index >= 15 is 0 Å². The molecule has 3 heteroatoms. The summed E-state index contributed by atoms with van der Waals surface area (Å²) in [6, 6.07) is 5.81. The molecule has 0 saturated carbocycles. The van der Waals surface area contributed by atoms with Gasteiger partial charge in [-0.1, -0.05) is 15.9 Å². The zero-order chi connectivity index (χ0) is 8.72. The Balaban J connectivity index is 2.88. The van der Waals surface area contributed by atoms with Gasteiger partial charge in [0.1, 0.15) is 5.75 Å². The van der Waals surface area contributed by atoms with Gasteiger partial charge in [-0.3, -0.25) is 0 Å². The first-order valence-electron chi connectivity index (χ1n) is 3.55. The van der Waals surface area contributed by atoms with Crippen molar-refractivity contribution in [2.75, 3.05) is 0 Å².